The van der Waals surface area contributed by atoms with Gasteiger partial charge in [0.1, 0.15) is 6.04 Å². The fraction of sp³-hybridized carbons (Fsp3) is 0.364. The van der Waals surface area contributed by atoms with E-state index in [2.05, 4.69) is 37.3 Å². The minimum absolute atomic E-state index is 0.335. The molecule has 0 aliphatic carbocycles. The van der Waals surface area contributed by atoms with E-state index in [9.17, 15) is 0 Å². The van der Waals surface area contributed by atoms with Gasteiger partial charge in [-0.2, -0.15) is 5.26 Å². The van der Waals surface area contributed by atoms with E-state index >= 15 is 0 Å². The highest BCUT2D eigenvalue weighted by atomic mass is 79.9. The van der Waals surface area contributed by atoms with Crippen molar-refractivity contribution in [2.45, 2.75) is 12.5 Å². The van der Waals surface area contributed by atoms with Gasteiger partial charge in [0.05, 0.1) is 6.07 Å². The molecule has 1 rings (SSSR count). The van der Waals surface area contributed by atoms with E-state index < -0.39 is 0 Å². The normalized spacial score (nSPS) is 11.3. The van der Waals surface area contributed by atoms with Gasteiger partial charge in [0.15, 0.2) is 0 Å². The number of nitrogens with one attached hydrogen (secondary N) is 1. The van der Waals surface area contributed by atoms with Crippen molar-refractivity contribution < 1.29 is 0 Å². The first kappa shape index (κ1) is 13.5. The average Bonchev–Trinajstić information content (AvgIpc) is 2.34. The van der Waals surface area contributed by atoms with Crippen molar-refractivity contribution in [3.63, 3.8) is 0 Å². The van der Waals surface area contributed by atoms with Crippen LogP contribution in [-0.4, -0.2) is 13.1 Å². The van der Waals surface area contributed by atoms with Crippen molar-refractivity contribution in [3.8, 4) is 6.07 Å². The Bertz CT molecular complexity index is 447. The Balaban J connectivity index is 2.49. The van der Waals surface area contributed by atoms with Gasteiger partial charge < -0.3 is 0 Å². The highest BCUT2D eigenvalue weighted by Crippen LogP contribution is 2.17. The number of nitrogens with zero attached hydrogens (tertiary/aromatic N) is 4. The van der Waals surface area contributed by atoms with Gasteiger partial charge in [0.25, 0.3) is 0 Å². The number of nitriles is 1. The first-order valence-corrected chi connectivity index (χ1v) is 5.96. The Hall–Kier alpha value is -1.54. The van der Waals surface area contributed by atoms with Crippen LogP contribution < -0.4 is 5.32 Å². The molecule has 0 amide bonds. The molecule has 0 bridgehead atoms. The molecule has 1 aromatic carbocycles. The summed E-state index contributed by atoms with van der Waals surface area (Å²) in [6, 6.07) is 9.49. The molecule has 6 heteroatoms. The maximum absolute atomic E-state index is 9.06. The highest BCUT2D eigenvalue weighted by molar-refractivity contribution is 9.10. The minimum Gasteiger partial charge on any atom is -0.298 e. The third kappa shape index (κ3) is 4.87. The van der Waals surface area contributed by atoms with Crippen LogP contribution in [0, 0.1) is 11.3 Å². The molecule has 0 spiro atoms. The maximum atomic E-state index is 9.06. The summed E-state index contributed by atoms with van der Waals surface area (Å²) in [6.45, 7) is 1.09. The molecule has 1 aromatic rings. The zero-order chi connectivity index (χ0) is 12.5. The molecular weight excluding hydrogens is 282 g/mol. The first-order chi connectivity index (χ1) is 8.27. The van der Waals surface area contributed by atoms with Crippen LogP contribution in [0.15, 0.2) is 33.9 Å². The maximum Gasteiger partial charge on any atom is 0.121 e. The van der Waals surface area contributed by atoms with E-state index in [4.69, 9.17) is 10.8 Å². The van der Waals surface area contributed by atoms with Crippen molar-refractivity contribution in [3.05, 3.63) is 44.7 Å². The topological polar surface area (TPSA) is 84.6 Å². The van der Waals surface area contributed by atoms with Crippen molar-refractivity contribution >= 4 is 15.9 Å². The monoisotopic (exact) mass is 293 g/mol. The molecule has 1 atom stereocenters. The van der Waals surface area contributed by atoms with E-state index in [-0.39, 0.29) is 6.04 Å². The van der Waals surface area contributed by atoms with Crippen molar-refractivity contribution in [2.75, 3.05) is 13.1 Å². The second-order valence-corrected chi connectivity index (χ2v) is 4.29. The first-order valence-electron chi connectivity index (χ1n) is 5.17. The van der Waals surface area contributed by atoms with E-state index in [0.717, 1.165) is 16.5 Å². The predicted molar refractivity (Wildman–Crippen MR) is 69.1 cm³/mol. The standard InChI is InChI=1S/C11H12BrN5/c12-10-4-1-3-9(7-10)11(8-13)15-5-2-6-16-17-14/h1,3-4,7,11,15H,2,5-6H2. The number of hydrogen-bond donors (Lipinski definition) is 1. The van der Waals surface area contributed by atoms with Crippen LogP contribution in [0.3, 0.4) is 0 Å². The Morgan fingerprint density at radius 1 is 1.59 bits per heavy atom. The molecule has 1 N–H and O–H groups in total. The Morgan fingerprint density at radius 3 is 3.06 bits per heavy atom. The fourth-order valence-electron chi connectivity index (χ4n) is 1.37. The Kier molecular flexibility index (Phi) is 6.12. The average molecular weight is 294 g/mol. The van der Waals surface area contributed by atoms with Gasteiger partial charge in [-0.05, 0) is 36.2 Å². The summed E-state index contributed by atoms with van der Waals surface area (Å²) in [4.78, 5) is 2.67. The van der Waals surface area contributed by atoms with E-state index in [1.807, 2.05) is 24.3 Å². The summed E-state index contributed by atoms with van der Waals surface area (Å²) in [5.74, 6) is 0. The summed E-state index contributed by atoms with van der Waals surface area (Å²) < 4.78 is 0.950. The molecule has 0 fully saturated rings. The molecule has 0 saturated carbocycles. The minimum atomic E-state index is -0.335. The fourth-order valence-corrected chi connectivity index (χ4v) is 1.78. The van der Waals surface area contributed by atoms with Gasteiger partial charge in [0, 0.05) is 15.9 Å². The Labute approximate surface area is 108 Å². The molecular formula is C11H12BrN5. The second kappa shape index (κ2) is 7.69. The highest BCUT2D eigenvalue weighted by Gasteiger charge is 2.08. The SMILES string of the molecule is N#CC(NCCCN=[N+]=[N-])c1cccc(Br)c1. The molecule has 0 aromatic heterocycles. The number of hydrogen-bond acceptors (Lipinski definition) is 3. The van der Waals surface area contributed by atoms with Gasteiger partial charge in [-0.25, -0.2) is 0 Å². The van der Waals surface area contributed by atoms with Crippen molar-refractivity contribution in [1.29, 1.82) is 5.26 Å². The molecule has 0 aliphatic heterocycles. The van der Waals surface area contributed by atoms with E-state index in [1.54, 1.807) is 0 Å². The number of azide groups is 1. The number of benzene rings is 1. The zero-order valence-corrected chi connectivity index (χ0v) is 10.8. The van der Waals surface area contributed by atoms with E-state index in [0.29, 0.717) is 13.1 Å². The summed E-state index contributed by atoms with van der Waals surface area (Å²) in [5.41, 5.74) is 9.03. The molecule has 1 unspecified atom stereocenters. The van der Waals surface area contributed by atoms with Crippen LogP contribution in [-0.2, 0) is 0 Å². The number of halogens is 1. The lowest BCUT2D eigenvalue weighted by Gasteiger charge is -2.11. The van der Waals surface area contributed by atoms with Crippen LogP contribution in [0.2, 0.25) is 0 Å². The molecule has 0 radical (unpaired) electrons. The molecule has 5 nitrogen and oxygen atoms in total. The molecule has 88 valence electrons. The van der Waals surface area contributed by atoms with Gasteiger partial charge in [-0.15, -0.1) is 0 Å². The summed E-state index contributed by atoms with van der Waals surface area (Å²) >= 11 is 3.37. The summed E-state index contributed by atoms with van der Waals surface area (Å²) in [5, 5.41) is 15.6. The lowest BCUT2D eigenvalue weighted by atomic mass is 10.1. The summed E-state index contributed by atoms with van der Waals surface area (Å²) in [6.07, 6.45) is 0.718. The lowest BCUT2D eigenvalue weighted by Crippen LogP contribution is -2.21. The van der Waals surface area contributed by atoms with Crippen LogP contribution in [0.1, 0.15) is 18.0 Å². The van der Waals surface area contributed by atoms with Crippen molar-refractivity contribution in [2.24, 2.45) is 5.11 Å². The second-order valence-electron chi connectivity index (χ2n) is 3.38. The molecule has 0 saturated heterocycles. The lowest BCUT2D eigenvalue weighted by molar-refractivity contribution is 0.607. The van der Waals surface area contributed by atoms with E-state index in [1.165, 1.54) is 0 Å². The molecule has 0 heterocycles. The Morgan fingerprint density at radius 2 is 2.41 bits per heavy atom. The van der Waals surface area contributed by atoms with Crippen LogP contribution in [0.4, 0.5) is 0 Å². The van der Waals surface area contributed by atoms with Crippen molar-refractivity contribution in [1.82, 2.24) is 5.32 Å². The predicted octanol–water partition coefficient (Wildman–Crippen LogP) is 3.30. The molecule has 0 aliphatic rings. The number of rotatable bonds is 6. The van der Waals surface area contributed by atoms with Crippen LogP contribution in [0.5, 0.6) is 0 Å². The third-order valence-electron chi connectivity index (χ3n) is 2.16. The van der Waals surface area contributed by atoms with Gasteiger partial charge in [-0.1, -0.05) is 33.2 Å². The summed E-state index contributed by atoms with van der Waals surface area (Å²) in [7, 11) is 0. The van der Waals surface area contributed by atoms with Gasteiger partial charge >= 0.3 is 0 Å². The smallest absolute Gasteiger partial charge is 0.121 e. The molecule has 17 heavy (non-hydrogen) atoms. The van der Waals surface area contributed by atoms with Gasteiger partial charge in [0.2, 0.25) is 0 Å². The quantitative estimate of drug-likeness (QED) is 0.378. The van der Waals surface area contributed by atoms with Crippen LogP contribution >= 0.6 is 15.9 Å². The zero-order valence-electron chi connectivity index (χ0n) is 9.17. The third-order valence-corrected chi connectivity index (χ3v) is 2.65. The largest absolute Gasteiger partial charge is 0.298 e. The van der Waals surface area contributed by atoms with Crippen LogP contribution in [0.25, 0.3) is 10.4 Å². The van der Waals surface area contributed by atoms with Gasteiger partial charge in [-0.3, -0.25) is 5.32 Å².